The summed E-state index contributed by atoms with van der Waals surface area (Å²) in [6.45, 7) is 1.20. The van der Waals surface area contributed by atoms with Crippen molar-refractivity contribution in [2.45, 2.75) is 52.3 Å². The zero-order chi connectivity index (χ0) is 47.9. The molecule has 0 bridgehead atoms. The van der Waals surface area contributed by atoms with Gasteiger partial charge in [-0.15, -0.1) is 0 Å². The van der Waals surface area contributed by atoms with E-state index >= 15 is 8.78 Å². The number of rotatable bonds is 12. The number of hydrogen-bond donors (Lipinski definition) is 0. The van der Waals surface area contributed by atoms with Gasteiger partial charge in [0.2, 0.25) is 5.71 Å². The summed E-state index contributed by atoms with van der Waals surface area (Å²) in [5.41, 5.74) is 12.3. The van der Waals surface area contributed by atoms with E-state index in [1.807, 2.05) is 74.5 Å². The number of pyridine rings is 4. The summed E-state index contributed by atoms with van der Waals surface area (Å²) in [7, 11) is 0. The van der Waals surface area contributed by atoms with Crippen LogP contribution in [0.4, 0.5) is 8.78 Å². The smallest absolute Gasteiger partial charge is 0.227 e. The fourth-order valence-corrected chi connectivity index (χ4v) is 8.72. The molecule has 5 nitrogen and oxygen atoms in total. The third-order valence-corrected chi connectivity index (χ3v) is 12.0. The molecule has 5 heterocycles. The molecule has 318 valence electrons. The normalized spacial score (nSPS) is 12.8. The van der Waals surface area contributed by atoms with Gasteiger partial charge in [-0.2, -0.15) is 0 Å². The van der Waals surface area contributed by atoms with E-state index in [2.05, 4.69) is 45.3 Å². The SMILES string of the molecule is [2H]C([2H])([2H])c1ccc2c(n1)oc1c(-c3cc(C([2H])(C)C)ccn3)ccc(-c3ccccc3-c3cc(CCc4ccc(-c5ccccn5)c(F)c4)cc(CCc4ccc(-c5ccccn5)c(F)c4)c3)c12. The third-order valence-electron chi connectivity index (χ3n) is 12.0. The average molecular weight is 857 g/mol. The van der Waals surface area contributed by atoms with Crippen molar-refractivity contribution >= 4 is 22.1 Å². The second kappa shape index (κ2) is 17.9. The molecule has 0 aliphatic carbocycles. The highest BCUT2D eigenvalue weighted by Crippen LogP contribution is 2.44. The quantitative estimate of drug-likeness (QED) is 0.122. The number of benzene rings is 5. The summed E-state index contributed by atoms with van der Waals surface area (Å²) in [6.07, 6.45) is 7.43. The van der Waals surface area contributed by atoms with Crippen LogP contribution in [0.5, 0.6) is 0 Å². The van der Waals surface area contributed by atoms with Gasteiger partial charge in [0.05, 0.1) is 17.1 Å². The molecule has 0 spiro atoms. The summed E-state index contributed by atoms with van der Waals surface area (Å²) in [5.74, 6) is -1.53. The van der Waals surface area contributed by atoms with Crippen molar-refractivity contribution in [3.8, 4) is 56.0 Å². The molecule has 0 N–H and O–H groups in total. The first kappa shape index (κ1) is 36.8. The fourth-order valence-electron chi connectivity index (χ4n) is 8.72. The molecule has 7 heteroatoms. The van der Waals surface area contributed by atoms with Gasteiger partial charge in [0.15, 0.2) is 0 Å². The lowest BCUT2D eigenvalue weighted by molar-refractivity contribution is 0.627. The van der Waals surface area contributed by atoms with Crippen molar-refractivity contribution < 1.29 is 18.7 Å². The van der Waals surface area contributed by atoms with E-state index in [-0.39, 0.29) is 23.0 Å². The van der Waals surface area contributed by atoms with E-state index < -0.39 is 12.7 Å². The first-order valence-electron chi connectivity index (χ1n) is 23.7. The molecular formula is C58H46F2N4O. The van der Waals surface area contributed by atoms with Gasteiger partial charge in [0.25, 0.3) is 0 Å². The highest BCUT2D eigenvalue weighted by atomic mass is 19.1. The van der Waals surface area contributed by atoms with Gasteiger partial charge >= 0.3 is 0 Å². The minimum absolute atomic E-state index is 0.0725. The minimum atomic E-state index is -2.45. The first-order chi connectivity index (χ1) is 33.3. The van der Waals surface area contributed by atoms with Crippen LogP contribution in [0.15, 0.2) is 175 Å². The Balaban J connectivity index is 1.07. The highest BCUT2D eigenvalue weighted by Gasteiger charge is 2.21. The summed E-state index contributed by atoms with van der Waals surface area (Å²) in [4.78, 5) is 17.9. The van der Waals surface area contributed by atoms with E-state index in [0.29, 0.717) is 70.4 Å². The zero-order valence-corrected chi connectivity index (χ0v) is 35.9. The van der Waals surface area contributed by atoms with E-state index in [1.165, 1.54) is 6.07 Å². The molecule has 0 saturated heterocycles. The van der Waals surface area contributed by atoms with Crippen LogP contribution in [-0.2, 0) is 25.7 Å². The van der Waals surface area contributed by atoms with E-state index in [1.54, 1.807) is 73.2 Å². The molecule has 10 rings (SSSR count). The van der Waals surface area contributed by atoms with Crippen LogP contribution in [0, 0.1) is 18.5 Å². The lowest BCUT2D eigenvalue weighted by atomic mass is 9.88. The summed E-state index contributed by atoms with van der Waals surface area (Å²) < 4.78 is 70.7. The molecule has 0 aliphatic heterocycles. The monoisotopic (exact) mass is 856 g/mol. The molecule has 0 radical (unpaired) electrons. The van der Waals surface area contributed by atoms with Gasteiger partial charge in [0, 0.05) is 57.2 Å². The molecule has 0 unspecified atom stereocenters. The van der Waals surface area contributed by atoms with Gasteiger partial charge in [-0.25, -0.2) is 13.8 Å². The van der Waals surface area contributed by atoms with Crippen LogP contribution in [-0.4, -0.2) is 19.9 Å². The van der Waals surface area contributed by atoms with Crippen LogP contribution in [0.3, 0.4) is 0 Å². The van der Waals surface area contributed by atoms with Crippen LogP contribution < -0.4 is 0 Å². The van der Waals surface area contributed by atoms with Crippen molar-refractivity contribution in [3.63, 3.8) is 0 Å². The molecule has 0 aliphatic rings. The molecule has 5 aromatic carbocycles. The molecular weight excluding hydrogens is 807 g/mol. The minimum Gasteiger partial charge on any atom is -0.437 e. The van der Waals surface area contributed by atoms with E-state index in [4.69, 9.17) is 14.9 Å². The molecule has 0 saturated carbocycles. The number of halogens is 2. The largest absolute Gasteiger partial charge is 0.437 e. The lowest BCUT2D eigenvalue weighted by Gasteiger charge is -2.16. The van der Waals surface area contributed by atoms with Gasteiger partial charge in [-0.3, -0.25) is 15.0 Å². The van der Waals surface area contributed by atoms with Gasteiger partial charge in [-0.05, 0) is 167 Å². The van der Waals surface area contributed by atoms with Crippen LogP contribution in [0.2, 0.25) is 0 Å². The number of fused-ring (bicyclic) bond motifs is 3. The Morgan fingerprint density at radius 1 is 0.523 bits per heavy atom. The summed E-state index contributed by atoms with van der Waals surface area (Å²) >= 11 is 0. The molecule has 65 heavy (non-hydrogen) atoms. The van der Waals surface area contributed by atoms with Crippen molar-refractivity contribution in [2.24, 2.45) is 0 Å². The second-order valence-electron chi connectivity index (χ2n) is 16.6. The Hall–Kier alpha value is -7.64. The Labute approximate surface area is 383 Å². The maximum absolute atomic E-state index is 15.6. The van der Waals surface area contributed by atoms with Gasteiger partial charge in [-0.1, -0.05) is 86.6 Å². The number of furan rings is 1. The Kier molecular flexibility index (Phi) is 10.1. The summed E-state index contributed by atoms with van der Waals surface area (Å²) in [5, 5.41) is 1.40. The Bertz CT molecular complexity index is 3400. The predicted molar refractivity (Wildman–Crippen MR) is 259 cm³/mol. The Morgan fingerprint density at radius 3 is 1.71 bits per heavy atom. The number of hydrogen-bond acceptors (Lipinski definition) is 5. The van der Waals surface area contributed by atoms with E-state index in [0.717, 1.165) is 55.5 Å². The van der Waals surface area contributed by atoms with Crippen LogP contribution in [0.25, 0.3) is 78.1 Å². The van der Waals surface area contributed by atoms with Crippen LogP contribution >= 0.6 is 0 Å². The molecule has 0 atom stereocenters. The van der Waals surface area contributed by atoms with Crippen molar-refractivity contribution in [2.75, 3.05) is 0 Å². The van der Waals surface area contributed by atoms with Gasteiger partial charge in [0.1, 0.15) is 17.2 Å². The maximum Gasteiger partial charge on any atom is 0.227 e. The molecule has 10 aromatic rings. The predicted octanol–water partition coefficient (Wildman–Crippen LogP) is 14.8. The summed E-state index contributed by atoms with van der Waals surface area (Å²) in [6, 6.07) is 47.3. The van der Waals surface area contributed by atoms with E-state index in [9.17, 15) is 0 Å². The third kappa shape index (κ3) is 8.58. The fraction of sp³-hybridized carbons (Fsp3) is 0.138. The topological polar surface area (TPSA) is 64.7 Å². The zero-order valence-electron chi connectivity index (χ0n) is 39.9. The Morgan fingerprint density at radius 2 is 1.11 bits per heavy atom. The molecule has 0 fully saturated rings. The second-order valence-corrected chi connectivity index (χ2v) is 16.6. The molecule has 5 aromatic heterocycles. The number of aryl methyl sites for hydroxylation is 5. The molecule has 0 amide bonds. The average Bonchev–Trinajstić information content (AvgIpc) is 3.74. The van der Waals surface area contributed by atoms with Crippen molar-refractivity contribution in [1.29, 1.82) is 0 Å². The lowest BCUT2D eigenvalue weighted by Crippen LogP contribution is -1.99. The van der Waals surface area contributed by atoms with Gasteiger partial charge < -0.3 is 4.42 Å². The number of aromatic nitrogens is 4. The number of nitrogens with zero attached hydrogens (tertiary/aromatic N) is 4. The van der Waals surface area contributed by atoms with Crippen molar-refractivity contribution in [1.82, 2.24) is 19.9 Å². The standard InChI is InChI=1S/C58H46F2N4O/c1-36(2)42-26-29-63-55(35-42)49-25-24-46(56-50-21-14-37(3)64-58(50)65-57(49)56)45-11-5-4-10-44(45)43-31-40(17-15-38-19-22-47(51(59)33-38)53-12-6-8-27-61-53)30-41(32-43)18-16-39-20-23-48(52(60)34-39)54-13-7-9-28-62-54/h4-14,19-36H,15-18H2,1-3H3/i3D3,36D. The highest BCUT2D eigenvalue weighted by molar-refractivity contribution is 6.16. The van der Waals surface area contributed by atoms with Crippen LogP contribution in [0.1, 0.15) is 58.7 Å². The first-order valence-corrected chi connectivity index (χ1v) is 21.7. The van der Waals surface area contributed by atoms with Crippen molar-refractivity contribution in [3.05, 3.63) is 215 Å². The maximum atomic E-state index is 15.6.